The quantitative estimate of drug-likeness (QED) is 0.750. The number of fused-ring (bicyclic) bond motifs is 1. The van der Waals surface area contributed by atoms with Crippen molar-refractivity contribution in [3.05, 3.63) is 30.7 Å². The molecule has 1 aliphatic rings. The van der Waals surface area contributed by atoms with Crippen molar-refractivity contribution in [2.24, 2.45) is 5.92 Å². The number of anilines is 1. The van der Waals surface area contributed by atoms with Gasteiger partial charge in [0.25, 0.3) is 0 Å². The summed E-state index contributed by atoms with van der Waals surface area (Å²) in [6, 6.07) is 3.61. The molecule has 6 nitrogen and oxygen atoms in total. The van der Waals surface area contributed by atoms with Gasteiger partial charge in [0, 0.05) is 30.7 Å². The van der Waals surface area contributed by atoms with Crippen LogP contribution < -0.4 is 10.6 Å². The molecule has 1 saturated heterocycles. The lowest BCUT2D eigenvalue weighted by Crippen LogP contribution is -2.46. The second-order valence-electron chi connectivity index (χ2n) is 8.59. The van der Waals surface area contributed by atoms with Crippen LogP contribution in [0.4, 0.5) is 10.5 Å². The van der Waals surface area contributed by atoms with Crippen molar-refractivity contribution >= 4 is 17.4 Å². The number of carbonyl (C=O) groups excluding carboxylic acids is 1. The largest absolute Gasteiger partial charge is 0.338 e. The fourth-order valence-electron chi connectivity index (χ4n) is 3.82. The Bertz CT molecular complexity index is 740. The van der Waals surface area contributed by atoms with E-state index in [0.29, 0.717) is 5.54 Å². The van der Waals surface area contributed by atoms with Crippen LogP contribution in [0.3, 0.4) is 0 Å². The molecule has 0 aromatic carbocycles. The third-order valence-electron chi connectivity index (χ3n) is 5.53. The molecule has 0 bridgehead atoms. The second kappa shape index (κ2) is 8.74. The van der Waals surface area contributed by atoms with Crippen molar-refractivity contribution in [2.45, 2.75) is 58.4 Å². The molecule has 1 aliphatic heterocycles. The molecule has 6 heteroatoms. The summed E-state index contributed by atoms with van der Waals surface area (Å²) in [5.41, 5.74) is 1.93. The fourth-order valence-corrected chi connectivity index (χ4v) is 3.82. The number of carbonyl (C=O) groups is 1. The molecule has 3 heterocycles. The van der Waals surface area contributed by atoms with Gasteiger partial charge < -0.3 is 15.0 Å². The standard InChI is InChI=1S/C21H33N5O/c1-21(2,3)26-13-9-17(10-14-26)6-4-5-11-23-20(27)24-18-7-8-19-22-12-15-25(19)16-18/h7-8,12,15-17H,4-6,9-11,13-14H2,1-3H3,(H2,23,24,27). The van der Waals surface area contributed by atoms with Crippen LogP contribution in [-0.2, 0) is 0 Å². The summed E-state index contributed by atoms with van der Waals surface area (Å²) in [6.45, 7) is 10.1. The topological polar surface area (TPSA) is 61.7 Å². The first-order valence-electron chi connectivity index (χ1n) is 10.1. The van der Waals surface area contributed by atoms with Gasteiger partial charge in [-0.15, -0.1) is 0 Å². The molecule has 0 unspecified atom stereocenters. The van der Waals surface area contributed by atoms with Crippen molar-refractivity contribution in [1.29, 1.82) is 0 Å². The minimum atomic E-state index is -0.145. The Hall–Kier alpha value is -2.08. The molecule has 1 fully saturated rings. The van der Waals surface area contributed by atoms with E-state index in [2.05, 4.69) is 41.3 Å². The zero-order chi connectivity index (χ0) is 19.3. The second-order valence-corrected chi connectivity index (χ2v) is 8.59. The van der Waals surface area contributed by atoms with Gasteiger partial charge in [0.15, 0.2) is 0 Å². The molecular formula is C21H33N5O. The van der Waals surface area contributed by atoms with Gasteiger partial charge in [0.1, 0.15) is 5.65 Å². The van der Waals surface area contributed by atoms with Crippen molar-refractivity contribution in [2.75, 3.05) is 25.0 Å². The van der Waals surface area contributed by atoms with Crippen molar-refractivity contribution in [3.63, 3.8) is 0 Å². The van der Waals surface area contributed by atoms with Gasteiger partial charge in [-0.3, -0.25) is 4.90 Å². The number of nitrogens with one attached hydrogen (secondary N) is 2. The minimum Gasteiger partial charge on any atom is -0.338 e. The molecule has 27 heavy (non-hydrogen) atoms. The Morgan fingerprint density at radius 2 is 2.00 bits per heavy atom. The normalized spacial score (nSPS) is 16.6. The fraction of sp³-hybridized carbons (Fsp3) is 0.619. The maximum atomic E-state index is 12.0. The molecule has 2 aromatic rings. The first-order valence-corrected chi connectivity index (χ1v) is 10.1. The maximum absolute atomic E-state index is 12.0. The number of hydrogen-bond donors (Lipinski definition) is 2. The van der Waals surface area contributed by atoms with Crippen LogP contribution in [0.1, 0.15) is 52.9 Å². The van der Waals surface area contributed by atoms with Crippen LogP contribution in [0.2, 0.25) is 0 Å². The first-order chi connectivity index (χ1) is 12.9. The summed E-state index contributed by atoms with van der Waals surface area (Å²) in [5, 5.41) is 5.83. The third-order valence-corrected chi connectivity index (χ3v) is 5.53. The molecule has 3 rings (SSSR count). The average Bonchev–Trinajstić information content (AvgIpc) is 3.09. The predicted octanol–water partition coefficient (Wildman–Crippen LogP) is 4.14. The molecule has 0 atom stereocenters. The molecule has 0 saturated carbocycles. The van der Waals surface area contributed by atoms with Gasteiger partial charge in [-0.1, -0.05) is 12.8 Å². The Morgan fingerprint density at radius 3 is 2.74 bits per heavy atom. The third kappa shape index (κ3) is 5.70. The molecular weight excluding hydrogens is 338 g/mol. The number of hydrogen-bond acceptors (Lipinski definition) is 3. The number of rotatable bonds is 6. The number of aromatic nitrogens is 2. The van der Waals surface area contributed by atoms with E-state index in [0.717, 1.165) is 30.2 Å². The van der Waals surface area contributed by atoms with E-state index in [9.17, 15) is 4.79 Å². The molecule has 0 spiro atoms. The zero-order valence-corrected chi connectivity index (χ0v) is 16.9. The van der Waals surface area contributed by atoms with Crippen LogP contribution >= 0.6 is 0 Å². The van der Waals surface area contributed by atoms with E-state index in [1.165, 1.54) is 38.8 Å². The number of pyridine rings is 1. The molecule has 2 N–H and O–H groups in total. The van der Waals surface area contributed by atoms with Crippen LogP contribution in [0, 0.1) is 5.92 Å². The summed E-state index contributed by atoms with van der Waals surface area (Å²) in [5.74, 6) is 0.847. The number of nitrogens with zero attached hydrogens (tertiary/aromatic N) is 3. The maximum Gasteiger partial charge on any atom is 0.319 e. The number of imidazole rings is 1. The van der Waals surface area contributed by atoms with Gasteiger partial charge in [-0.2, -0.15) is 0 Å². The lowest BCUT2D eigenvalue weighted by atomic mass is 9.89. The predicted molar refractivity (Wildman–Crippen MR) is 110 cm³/mol. The molecule has 2 amide bonds. The average molecular weight is 372 g/mol. The zero-order valence-electron chi connectivity index (χ0n) is 16.9. The Morgan fingerprint density at radius 1 is 1.22 bits per heavy atom. The van der Waals surface area contributed by atoms with E-state index in [1.54, 1.807) is 6.20 Å². The summed E-state index contributed by atoms with van der Waals surface area (Å²) in [7, 11) is 0. The van der Waals surface area contributed by atoms with Gasteiger partial charge in [-0.25, -0.2) is 9.78 Å². The number of urea groups is 1. The SMILES string of the molecule is CC(C)(C)N1CCC(CCCCNC(=O)Nc2ccc3nccn3c2)CC1. The lowest BCUT2D eigenvalue weighted by molar-refractivity contribution is 0.0847. The van der Waals surface area contributed by atoms with E-state index in [-0.39, 0.29) is 6.03 Å². The smallest absolute Gasteiger partial charge is 0.319 e. The summed E-state index contributed by atoms with van der Waals surface area (Å²) in [6.07, 6.45) is 11.6. The molecule has 148 valence electrons. The van der Waals surface area contributed by atoms with E-state index < -0.39 is 0 Å². The summed E-state index contributed by atoms with van der Waals surface area (Å²) >= 11 is 0. The van der Waals surface area contributed by atoms with Crippen LogP contribution in [-0.4, -0.2) is 45.5 Å². The Balaban J connectivity index is 1.28. The number of piperidine rings is 1. The molecule has 2 aromatic heterocycles. The van der Waals surface area contributed by atoms with Crippen LogP contribution in [0.15, 0.2) is 30.7 Å². The molecule has 0 radical (unpaired) electrons. The number of unbranched alkanes of at least 4 members (excludes halogenated alkanes) is 1. The van der Waals surface area contributed by atoms with Gasteiger partial charge >= 0.3 is 6.03 Å². The Labute approximate surface area is 162 Å². The lowest BCUT2D eigenvalue weighted by Gasteiger charge is -2.41. The van der Waals surface area contributed by atoms with Crippen molar-refractivity contribution < 1.29 is 4.79 Å². The van der Waals surface area contributed by atoms with Gasteiger partial charge in [-0.05, 0) is 71.2 Å². The van der Waals surface area contributed by atoms with Crippen molar-refractivity contribution in [3.8, 4) is 0 Å². The highest BCUT2D eigenvalue weighted by Gasteiger charge is 2.26. The monoisotopic (exact) mass is 371 g/mol. The summed E-state index contributed by atoms with van der Waals surface area (Å²) < 4.78 is 1.89. The highest BCUT2D eigenvalue weighted by molar-refractivity contribution is 5.89. The van der Waals surface area contributed by atoms with Gasteiger partial charge in [0.05, 0.1) is 5.69 Å². The van der Waals surface area contributed by atoms with E-state index in [4.69, 9.17) is 0 Å². The minimum absolute atomic E-state index is 0.145. The van der Waals surface area contributed by atoms with Gasteiger partial charge in [0.2, 0.25) is 0 Å². The van der Waals surface area contributed by atoms with Crippen LogP contribution in [0.25, 0.3) is 5.65 Å². The first kappa shape index (κ1) is 19.7. The number of amides is 2. The van der Waals surface area contributed by atoms with Crippen LogP contribution in [0.5, 0.6) is 0 Å². The highest BCUT2D eigenvalue weighted by atomic mass is 16.2. The van der Waals surface area contributed by atoms with E-state index in [1.807, 2.05) is 28.9 Å². The number of likely N-dealkylation sites (tertiary alicyclic amines) is 1. The van der Waals surface area contributed by atoms with Crippen molar-refractivity contribution in [1.82, 2.24) is 19.6 Å². The highest BCUT2D eigenvalue weighted by Crippen LogP contribution is 2.26. The van der Waals surface area contributed by atoms with E-state index >= 15 is 0 Å². The Kier molecular flexibility index (Phi) is 6.37. The molecule has 0 aliphatic carbocycles. The summed E-state index contributed by atoms with van der Waals surface area (Å²) in [4.78, 5) is 18.8.